The van der Waals surface area contributed by atoms with E-state index < -0.39 is 20.8 Å². The lowest BCUT2D eigenvalue weighted by Crippen LogP contribution is -2.40. The Morgan fingerprint density at radius 1 is 1.30 bits per heavy atom. The summed E-state index contributed by atoms with van der Waals surface area (Å²) in [5, 5.41) is 11.0. The highest BCUT2D eigenvalue weighted by Gasteiger charge is 2.30. The first kappa shape index (κ1) is 17.6. The average Bonchev–Trinajstić information content (AvgIpc) is 2.46. The first-order chi connectivity index (χ1) is 10.7. The number of nitro groups is 1. The van der Waals surface area contributed by atoms with E-state index in [4.69, 9.17) is 4.74 Å². The molecule has 0 unspecified atom stereocenters. The van der Waals surface area contributed by atoms with Gasteiger partial charge in [0.25, 0.3) is 0 Å². The van der Waals surface area contributed by atoms with Crippen LogP contribution in [0.1, 0.15) is 25.7 Å². The summed E-state index contributed by atoms with van der Waals surface area (Å²) in [6, 6.07) is 3.00. The minimum atomic E-state index is -3.25. The minimum absolute atomic E-state index is 0.0880. The number of halogens is 1. The zero-order valence-electron chi connectivity index (χ0n) is 12.9. The molecule has 0 heterocycles. The fourth-order valence-corrected chi connectivity index (χ4v) is 3.46. The van der Waals surface area contributed by atoms with Gasteiger partial charge >= 0.3 is 5.69 Å². The minimum Gasteiger partial charge on any atom is -0.483 e. The molecular weight excluding hydrogens is 327 g/mol. The molecule has 0 radical (unpaired) electrons. The van der Waals surface area contributed by atoms with E-state index in [-0.39, 0.29) is 23.6 Å². The fourth-order valence-electron chi connectivity index (χ4n) is 2.71. The van der Waals surface area contributed by atoms with E-state index in [0.29, 0.717) is 25.7 Å². The van der Waals surface area contributed by atoms with Crippen LogP contribution in [0.5, 0.6) is 5.75 Å². The standard InChI is InChI=1S/C14H19FN2O5S/c1-16(23(2,20)21)11-4-6-12(7-5-11)22-14-9-10(15)3-8-13(14)17(18)19/h3,8-9,11-12H,4-7H2,1-2H3/t11-,12+. The number of benzene rings is 1. The van der Waals surface area contributed by atoms with Crippen LogP contribution in [0.4, 0.5) is 10.1 Å². The maximum atomic E-state index is 13.3. The summed E-state index contributed by atoms with van der Waals surface area (Å²) in [5.41, 5.74) is -0.276. The van der Waals surface area contributed by atoms with Crippen LogP contribution in [0.3, 0.4) is 0 Å². The van der Waals surface area contributed by atoms with E-state index in [9.17, 15) is 22.9 Å². The van der Waals surface area contributed by atoms with Crippen molar-refractivity contribution in [2.75, 3.05) is 13.3 Å². The lowest BCUT2D eigenvalue weighted by Gasteiger charge is -2.33. The van der Waals surface area contributed by atoms with Gasteiger partial charge in [0.15, 0.2) is 5.75 Å². The Kier molecular flexibility index (Phi) is 5.20. The van der Waals surface area contributed by atoms with Crippen molar-refractivity contribution < 1.29 is 22.5 Å². The van der Waals surface area contributed by atoms with E-state index in [1.54, 1.807) is 7.05 Å². The fraction of sp³-hybridized carbons (Fsp3) is 0.571. The van der Waals surface area contributed by atoms with Gasteiger partial charge in [-0.1, -0.05) is 0 Å². The number of nitrogens with zero attached hydrogens (tertiary/aromatic N) is 2. The summed E-state index contributed by atoms with van der Waals surface area (Å²) in [5.74, 6) is -0.689. The van der Waals surface area contributed by atoms with Crippen molar-refractivity contribution in [3.05, 3.63) is 34.1 Å². The molecule has 1 fully saturated rings. The molecule has 7 nitrogen and oxygen atoms in total. The summed E-state index contributed by atoms with van der Waals surface area (Å²) in [6.07, 6.45) is 3.16. The van der Waals surface area contributed by atoms with Gasteiger partial charge in [-0.25, -0.2) is 17.1 Å². The maximum Gasteiger partial charge on any atom is 0.311 e. The number of rotatable bonds is 5. The van der Waals surface area contributed by atoms with Crippen molar-refractivity contribution in [2.24, 2.45) is 0 Å². The van der Waals surface area contributed by atoms with Gasteiger partial charge in [-0.2, -0.15) is 0 Å². The Morgan fingerprint density at radius 2 is 1.91 bits per heavy atom. The first-order valence-electron chi connectivity index (χ1n) is 7.22. The summed E-state index contributed by atoms with van der Waals surface area (Å²) in [7, 11) is -1.71. The topological polar surface area (TPSA) is 89.8 Å². The third-order valence-electron chi connectivity index (χ3n) is 4.09. The summed E-state index contributed by atoms with van der Waals surface area (Å²) < 4.78 is 43.3. The third-order valence-corrected chi connectivity index (χ3v) is 5.44. The molecule has 23 heavy (non-hydrogen) atoms. The molecule has 0 aliphatic heterocycles. The molecule has 0 atom stereocenters. The van der Waals surface area contributed by atoms with Crippen LogP contribution < -0.4 is 4.74 Å². The molecule has 0 aromatic heterocycles. The van der Waals surface area contributed by atoms with E-state index in [0.717, 1.165) is 24.5 Å². The van der Waals surface area contributed by atoms with E-state index in [1.165, 1.54) is 4.31 Å². The second-order valence-corrected chi connectivity index (χ2v) is 7.74. The van der Waals surface area contributed by atoms with Crippen molar-refractivity contribution in [3.8, 4) is 5.75 Å². The number of ether oxygens (including phenoxy) is 1. The van der Waals surface area contributed by atoms with Crippen molar-refractivity contribution >= 4 is 15.7 Å². The average molecular weight is 346 g/mol. The van der Waals surface area contributed by atoms with Gasteiger partial charge in [0.1, 0.15) is 5.82 Å². The molecule has 0 bridgehead atoms. The van der Waals surface area contributed by atoms with Crippen LogP contribution in [-0.4, -0.2) is 43.1 Å². The predicted molar refractivity (Wildman–Crippen MR) is 82.3 cm³/mol. The lowest BCUT2D eigenvalue weighted by atomic mass is 9.93. The van der Waals surface area contributed by atoms with Gasteiger partial charge < -0.3 is 4.74 Å². The molecule has 0 N–H and O–H groups in total. The van der Waals surface area contributed by atoms with Crippen LogP contribution >= 0.6 is 0 Å². The first-order valence-corrected chi connectivity index (χ1v) is 9.07. The maximum absolute atomic E-state index is 13.3. The van der Waals surface area contributed by atoms with Crippen molar-refractivity contribution in [2.45, 2.75) is 37.8 Å². The smallest absolute Gasteiger partial charge is 0.311 e. The van der Waals surface area contributed by atoms with Gasteiger partial charge in [-0.05, 0) is 31.7 Å². The molecule has 1 aromatic rings. The van der Waals surface area contributed by atoms with E-state index in [2.05, 4.69) is 0 Å². The molecule has 9 heteroatoms. The molecule has 1 aliphatic rings. The predicted octanol–water partition coefficient (Wildman–Crippen LogP) is 2.32. The Hall–Kier alpha value is -1.74. The van der Waals surface area contributed by atoms with Crippen LogP contribution in [0.2, 0.25) is 0 Å². The van der Waals surface area contributed by atoms with E-state index in [1.807, 2.05) is 0 Å². The molecule has 0 spiro atoms. The molecule has 1 saturated carbocycles. The summed E-state index contributed by atoms with van der Waals surface area (Å²) in [6.45, 7) is 0. The second kappa shape index (κ2) is 6.79. The Bertz CT molecular complexity index is 686. The molecule has 0 amide bonds. The third kappa shape index (κ3) is 4.38. The van der Waals surface area contributed by atoms with Gasteiger partial charge in [0.05, 0.1) is 17.3 Å². The number of hydrogen-bond acceptors (Lipinski definition) is 5. The van der Waals surface area contributed by atoms with Gasteiger partial charge in [-0.3, -0.25) is 10.1 Å². The largest absolute Gasteiger partial charge is 0.483 e. The molecule has 2 rings (SSSR count). The Morgan fingerprint density at radius 3 is 2.43 bits per heavy atom. The molecular formula is C14H19FN2O5S. The molecule has 1 aliphatic carbocycles. The van der Waals surface area contributed by atoms with Crippen LogP contribution in [-0.2, 0) is 10.0 Å². The molecule has 1 aromatic carbocycles. The van der Waals surface area contributed by atoms with Crippen LogP contribution in [0, 0.1) is 15.9 Å². The van der Waals surface area contributed by atoms with E-state index >= 15 is 0 Å². The van der Waals surface area contributed by atoms with Crippen molar-refractivity contribution in [3.63, 3.8) is 0 Å². The SMILES string of the molecule is CN([C@H]1CC[C@@H](Oc2cc(F)ccc2[N+](=O)[O-])CC1)S(C)(=O)=O. The normalized spacial score (nSPS) is 22.1. The highest BCUT2D eigenvalue weighted by atomic mass is 32.2. The van der Waals surface area contributed by atoms with Gasteiger partial charge in [-0.15, -0.1) is 0 Å². The van der Waals surface area contributed by atoms with Crippen molar-refractivity contribution in [1.82, 2.24) is 4.31 Å². The Balaban J connectivity index is 2.02. The zero-order chi connectivity index (χ0) is 17.2. The number of hydrogen-bond donors (Lipinski definition) is 0. The van der Waals surface area contributed by atoms with Crippen molar-refractivity contribution in [1.29, 1.82) is 0 Å². The molecule has 128 valence electrons. The quantitative estimate of drug-likeness (QED) is 0.603. The van der Waals surface area contributed by atoms with Crippen LogP contribution in [0.25, 0.3) is 0 Å². The lowest BCUT2D eigenvalue weighted by molar-refractivity contribution is -0.386. The molecule has 0 saturated heterocycles. The monoisotopic (exact) mass is 346 g/mol. The summed E-state index contributed by atoms with van der Waals surface area (Å²) >= 11 is 0. The number of sulfonamides is 1. The van der Waals surface area contributed by atoms with Gasteiger partial charge in [0, 0.05) is 25.2 Å². The summed E-state index contributed by atoms with van der Waals surface area (Å²) in [4.78, 5) is 10.3. The number of nitro benzene ring substituents is 1. The Labute approximate surface area is 134 Å². The second-order valence-electron chi connectivity index (χ2n) is 5.70. The highest BCUT2D eigenvalue weighted by molar-refractivity contribution is 7.88. The highest BCUT2D eigenvalue weighted by Crippen LogP contribution is 2.32. The van der Waals surface area contributed by atoms with Gasteiger partial charge in [0.2, 0.25) is 10.0 Å². The van der Waals surface area contributed by atoms with Crippen LogP contribution in [0.15, 0.2) is 18.2 Å². The zero-order valence-corrected chi connectivity index (χ0v) is 13.8.